The summed E-state index contributed by atoms with van der Waals surface area (Å²) in [5.74, 6) is 0.753. The van der Waals surface area contributed by atoms with E-state index in [1.807, 2.05) is 24.4 Å². The lowest BCUT2D eigenvalue weighted by molar-refractivity contribution is 0.0954. The topological polar surface area (TPSA) is 64.8 Å². The first-order valence-electron chi connectivity index (χ1n) is 8.69. The van der Waals surface area contributed by atoms with Crippen molar-refractivity contribution in [3.63, 3.8) is 0 Å². The normalized spacial score (nSPS) is 11.3. The van der Waals surface area contributed by atoms with Gasteiger partial charge in [0.1, 0.15) is 11.5 Å². The Kier molecular flexibility index (Phi) is 5.45. The van der Waals surface area contributed by atoms with Crippen molar-refractivity contribution in [2.24, 2.45) is 5.10 Å². The first kappa shape index (κ1) is 18.5. The van der Waals surface area contributed by atoms with E-state index in [2.05, 4.69) is 35.0 Å². The van der Waals surface area contributed by atoms with E-state index in [4.69, 9.17) is 9.47 Å². The van der Waals surface area contributed by atoms with Crippen molar-refractivity contribution in [1.29, 1.82) is 0 Å². The van der Waals surface area contributed by atoms with E-state index in [0.717, 1.165) is 16.5 Å². The van der Waals surface area contributed by atoms with Gasteiger partial charge in [0.2, 0.25) is 0 Å². The molecule has 27 heavy (non-hydrogen) atoms. The molecule has 1 amide bonds. The predicted octanol–water partition coefficient (Wildman–Crippen LogP) is 4.00. The lowest BCUT2D eigenvalue weighted by Gasteiger charge is -2.08. The molecular formula is C21H23N3O3. The third kappa shape index (κ3) is 3.95. The van der Waals surface area contributed by atoms with Gasteiger partial charge >= 0.3 is 0 Å². The second kappa shape index (κ2) is 7.95. The van der Waals surface area contributed by atoms with Gasteiger partial charge in [-0.25, -0.2) is 5.43 Å². The minimum atomic E-state index is -0.337. The molecule has 0 aliphatic heterocycles. The highest BCUT2D eigenvalue weighted by atomic mass is 16.5. The Hall–Kier alpha value is -3.28. The zero-order valence-electron chi connectivity index (χ0n) is 15.9. The molecule has 0 atom stereocenters. The molecule has 0 saturated heterocycles. The van der Waals surface area contributed by atoms with Gasteiger partial charge in [0.25, 0.3) is 5.91 Å². The predicted molar refractivity (Wildman–Crippen MR) is 107 cm³/mol. The molecule has 1 N–H and O–H groups in total. The molecule has 3 aromatic rings. The minimum Gasteiger partial charge on any atom is -0.497 e. The largest absolute Gasteiger partial charge is 0.497 e. The summed E-state index contributed by atoms with van der Waals surface area (Å²) in [6.45, 7) is 4.26. The maximum absolute atomic E-state index is 12.4. The Labute approximate surface area is 158 Å². The van der Waals surface area contributed by atoms with Crippen molar-refractivity contribution in [3.8, 4) is 11.5 Å². The molecule has 0 aliphatic carbocycles. The molecule has 3 rings (SSSR count). The average Bonchev–Trinajstić information content (AvgIpc) is 3.06. The summed E-state index contributed by atoms with van der Waals surface area (Å²) in [7, 11) is 3.08. The number of hydrogen-bond donors (Lipinski definition) is 1. The molecule has 0 saturated carbocycles. The summed E-state index contributed by atoms with van der Waals surface area (Å²) < 4.78 is 12.6. The van der Waals surface area contributed by atoms with Crippen molar-refractivity contribution < 1.29 is 14.3 Å². The third-order valence-electron chi connectivity index (χ3n) is 4.31. The van der Waals surface area contributed by atoms with Gasteiger partial charge in [-0.05, 0) is 32.0 Å². The lowest BCUT2D eigenvalue weighted by atomic mass is 10.2. The number of para-hydroxylation sites is 1. The summed E-state index contributed by atoms with van der Waals surface area (Å²) in [5, 5.41) is 5.22. The molecule has 2 aromatic carbocycles. The summed E-state index contributed by atoms with van der Waals surface area (Å²) in [6, 6.07) is 13.4. The molecule has 6 nitrogen and oxygen atoms in total. The molecule has 1 aromatic heterocycles. The number of fused-ring (bicyclic) bond motifs is 1. The van der Waals surface area contributed by atoms with Crippen LogP contribution in [0.2, 0.25) is 0 Å². The highest BCUT2D eigenvalue weighted by molar-refractivity contribution is 6.00. The van der Waals surface area contributed by atoms with E-state index in [1.54, 1.807) is 38.6 Å². The van der Waals surface area contributed by atoms with Crippen molar-refractivity contribution in [2.75, 3.05) is 14.2 Å². The summed E-state index contributed by atoms with van der Waals surface area (Å²) in [6.07, 6.45) is 3.70. The highest BCUT2D eigenvalue weighted by Crippen LogP contribution is 2.24. The summed E-state index contributed by atoms with van der Waals surface area (Å²) >= 11 is 0. The number of hydrogen-bond acceptors (Lipinski definition) is 4. The Morgan fingerprint density at radius 3 is 2.41 bits per heavy atom. The van der Waals surface area contributed by atoms with E-state index >= 15 is 0 Å². The molecule has 0 radical (unpaired) electrons. The van der Waals surface area contributed by atoms with Crippen molar-refractivity contribution >= 4 is 23.0 Å². The molecule has 0 bridgehead atoms. The molecule has 6 heteroatoms. The Bertz CT molecular complexity index is 967. The number of carbonyl (C=O) groups excluding carboxylic acids is 1. The molecule has 0 unspecified atom stereocenters. The van der Waals surface area contributed by atoms with Crippen LogP contribution in [0.5, 0.6) is 11.5 Å². The first-order valence-corrected chi connectivity index (χ1v) is 8.69. The fraction of sp³-hybridized carbons (Fsp3) is 0.238. The van der Waals surface area contributed by atoms with Gasteiger partial charge in [-0.3, -0.25) is 4.79 Å². The van der Waals surface area contributed by atoms with E-state index in [1.165, 1.54) is 0 Å². The molecule has 140 valence electrons. The molecule has 0 fully saturated rings. The van der Waals surface area contributed by atoms with Gasteiger partial charge in [0.15, 0.2) is 0 Å². The summed E-state index contributed by atoms with van der Waals surface area (Å²) in [4.78, 5) is 12.4. The van der Waals surface area contributed by atoms with Crippen LogP contribution in [-0.2, 0) is 0 Å². The first-order chi connectivity index (χ1) is 13.0. The monoisotopic (exact) mass is 365 g/mol. The van der Waals surface area contributed by atoms with Crippen LogP contribution in [0.4, 0.5) is 0 Å². The van der Waals surface area contributed by atoms with E-state index in [-0.39, 0.29) is 5.91 Å². The lowest BCUT2D eigenvalue weighted by Crippen LogP contribution is -2.17. The number of benzene rings is 2. The maximum atomic E-state index is 12.4. The average molecular weight is 365 g/mol. The van der Waals surface area contributed by atoms with Crippen LogP contribution in [-0.4, -0.2) is 30.9 Å². The van der Waals surface area contributed by atoms with Crippen LogP contribution in [0.3, 0.4) is 0 Å². The zero-order valence-corrected chi connectivity index (χ0v) is 15.9. The van der Waals surface area contributed by atoms with Gasteiger partial charge in [0, 0.05) is 40.3 Å². The van der Waals surface area contributed by atoms with Gasteiger partial charge in [-0.2, -0.15) is 5.10 Å². The summed E-state index contributed by atoms with van der Waals surface area (Å²) in [5.41, 5.74) is 5.06. The standard InChI is InChI=1S/C21H23N3O3/c1-14(2)24-13-16(19-7-5-6-8-20(19)24)12-22-23-21(25)15-9-17(26-3)11-18(10-15)27-4/h5-14H,1-4H3,(H,23,25)/b22-12-. The third-order valence-corrected chi connectivity index (χ3v) is 4.31. The highest BCUT2D eigenvalue weighted by Gasteiger charge is 2.10. The van der Waals surface area contributed by atoms with Gasteiger partial charge < -0.3 is 14.0 Å². The SMILES string of the molecule is COc1cc(OC)cc(C(=O)N/N=C\c2cn(C(C)C)c3ccccc23)c1. The van der Waals surface area contributed by atoms with Crippen LogP contribution in [0, 0.1) is 0 Å². The number of methoxy groups -OCH3 is 2. The van der Waals surface area contributed by atoms with Crippen LogP contribution in [0.15, 0.2) is 53.8 Å². The number of amides is 1. The van der Waals surface area contributed by atoms with Crippen molar-refractivity contribution in [3.05, 3.63) is 59.8 Å². The van der Waals surface area contributed by atoms with Crippen molar-refractivity contribution in [2.45, 2.75) is 19.9 Å². The Balaban J connectivity index is 1.82. The fourth-order valence-electron chi connectivity index (χ4n) is 2.93. The molecule has 0 aliphatic rings. The van der Waals surface area contributed by atoms with Crippen molar-refractivity contribution in [1.82, 2.24) is 9.99 Å². The quantitative estimate of drug-likeness (QED) is 0.530. The molecular weight excluding hydrogens is 342 g/mol. The number of rotatable bonds is 6. The van der Waals surface area contributed by atoms with Gasteiger partial charge in [-0.1, -0.05) is 18.2 Å². The second-order valence-corrected chi connectivity index (χ2v) is 6.40. The smallest absolute Gasteiger partial charge is 0.271 e. The van der Waals surface area contributed by atoms with E-state index < -0.39 is 0 Å². The minimum absolute atomic E-state index is 0.330. The number of carbonyl (C=O) groups is 1. The zero-order chi connectivity index (χ0) is 19.4. The fourth-order valence-corrected chi connectivity index (χ4v) is 2.93. The maximum Gasteiger partial charge on any atom is 0.271 e. The van der Waals surface area contributed by atoms with E-state index in [0.29, 0.717) is 23.1 Å². The Morgan fingerprint density at radius 1 is 1.11 bits per heavy atom. The van der Waals surface area contributed by atoms with Crippen LogP contribution in [0.1, 0.15) is 35.8 Å². The van der Waals surface area contributed by atoms with E-state index in [9.17, 15) is 4.79 Å². The number of aromatic nitrogens is 1. The second-order valence-electron chi connectivity index (χ2n) is 6.40. The van der Waals surface area contributed by atoms with Crippen LogP contribution < -0.4 is 14.9 Å². The van der Waals surface area contributed by atoms with Crippen LogP contribution in [0.25, 0.3) is 10.9 Å². The number of ether oxygens (including phenoxy) is 2. The molecule has 0 spiro atoms. The Morgan fingerprint density at radius 2 is 1.78 bits per heavy atom. The van der Waals surface area contributed by atoms with Gasteiger partial charge in [0.05, 0.1) is 20.4 Å². The van der Waals surface area contributed by atoms with Gasteiger partial charge in [-0.15, -0.1) is 0 Å². The van der Waals surface area contributed by atoms with Crippen LogP contribution >= 0.6 is 0 Å². The number of nitrogens with zero attached hydrogens (tertiary/aromatic N) is 2. The number of hydrazone groups is 1. The molecule has 1 heterocycles. The number of nitrogens with one attached hydrogen (secondary N) is 1.